The molecule has 4 heteroatoms. The van der Waals surface area contributed by atoms with Crippen molar-refractivity contribution in [3.8, 4) is 0 Å². The Balaban J connectivity index is 3.01. The molecule has 0 radical (unpaired) electrons. The van der Waals surface area contributed by atoms with Crippen LogP contribution in [-0.2, 0) is 4.79 Å². The molecular weight excluding hydrogens is 188 g/mol. The normalized spacial score (nSPS) is 13.1. The van der Waals surface area contributed by atoms with E-state index >= 15 is 0 Å². The highest BCUT2D eigenvalue weighted by molar-refractivity contribution is 9.09. The van der Waals surface area contributed by atoms with Gasteiger partial charge in [0.2, 0.25) is 0 Å². The molecule has 1 unspecified atom stereocenters. The van der Waals surface area contributed by atoms with Crippen molar-refractivity contribution in [3.05, 3.63) is 0 Å². The molecule has 54 valence electrons. The van der Waals surface area contributed by atoms with Crippen LogP contribution in [0, 0.1) is 0 Å². The van der Waals surface area contributed by atoms with Gasteiger partial charge >= 0.3 is 5.97 Å². The molecular formula is C5H9BrO3. The number of alkyl halides is 1. The summed E-state index contributed by atoms with van der Waals surface area (Å²) in [5.41, 5.74) is 0. The van der Waals surface area contributed by atoms with Crippen molar-refractivity contribution in [1.29, 1.82) is 0 Å². The number of halogens is 1. The first-order valence-corrected chi connectivity index (χ1v) is 3.58. The van der Waals surface area contributed by atoms with E-state index in [0.29, 0.717) is 12.8 Å². The summed E-state index contributed by atoms with van der Waals surface area (Å²) in [4.78, 5) is 9.88. The standard InChI is InChI=1S/C5H9BrO3/c6-4(7)2-1-3-5(8)9/h4,7H,1-3H2,(H,8,9). The van der Waals surface area contributed by atoms with Crippen LogP contribution in [0.5, 0.6) is 0 Å². The number of carbonyl (C=O) groups is 1. The molecule has 0 saturated heterocycles. The van der Waals surface area contributed by atoms with Gasteiger partial charge in [-0.05, 0) is 12.8 Å². The highest BCUT2D eigenvalue weighted by atomic mass is 79.9. The molecule has 0 aromatic rings. The van der Waals surface area contributed by atoms with Crippen LogP contribution in [0.2, 0.25) is 0 Å². The molecule has 0 rings (SSSR count). The maximum absolute atomic E-state index is 9.88. The summed E-state index contributed by atoms with van der Waals surface area (Å²) in [6.07, 6.45) is 1.14. The van der Waals surface area contributed by atoms with Gasteiger partial charge in [0.1, 0.15) is 5.01 Å². The summed E-state index contributed by atoms with van der Waals surface area (Å²) in [7, 11) is 0. The van der Waals surface area contributed by atoms with Crippen LogP contribution in [0.15, 0.2) is 0 Å². The van der Waals surface area contributed by atoms with E-state index in [9.17, 15) is 4.79 Å². The van der Waals surface area contributed by atoms with Gasteiger partial charge in [-0.15, -0.1) is 0 Å². The fraction of sp³-hybridized carbons (Fsp3) is 0.800. The van der Waals surface area contributed by atoms with E-state index in [-0.39, 0.29) is 6.42 Å². The molecule has 0 amide bonds. The van der Waals surface area contributed by atoms with Crippen molar-refractivity contribution in [2.45, 2.75) is 24.3 Å². The SMILES string of the molecule is O=C(O)CCCC(O)Br. The molecule has 0 spiro atoms. The molecule has 0 aliphatic rings. The number of hydrogen-bond acceptors (Lipinski definition) is 2. The first kappa shape index (κ1) is 8.91. The molecule has 0 fully saturated rings. The van der Waals surface area contributed by atoms with Crippen LogP contribution in [0.25, 0.3) is 0 Å². The molecule has 2 N–H and O–H groups in total. The summed E-state index contributed by atoms with van der Waals surface area (Å²) < 4.78 is 0. The minimum absolute atomic E-state index is 0.128. The largest absolute Gasteiger partial charge is 0.481 e. The molecule has 0 aromatic heterocycles. The van der Waals surface area contributed by atoms with Crippen molar-refractivity contribution in [2.24, 2.45) is 0 Å². The van der Waals surface area contributed by atoms with Gasteiger partial charge in [-0.2, -0.15) is 0 Å². The molecule has 9 heavy (non-hydrogen) atoms. The van der Waals surface area contributed by atoms with Crippen LogP contribution in [0.4, 0.5) is 0 Å². The van der Waals surface area contributed by atoms with Crippen LogP contribution in [0.1, 0.15) is 19.3 Å². The molecule has 0 aliphatic carbocycles. The summed E-state index contributed by atoms with van der Waals surface area (Å²) in [6, 6.07) is 0. The zero-order chi connectivity index (χ0) is 7.28. The van der Waals surface area contributed by atoms with E-state index in [2.05, 4.69) is 15.9 Å². The first-order valence-electron chi connectivity index (χ1n) is 2.67. The Labute approximate surface area is 61.8 Å². The third-order valence-corrected chi connectivity index (χ3v) is 1.29. The maximum atomic E-state index is 9.88. The topological polar surface area (TPSA) is 57.5 Å². The quantitative estimate of drug-likeness (QED) is 0.659. The van der Waals surface area contributed by atoms with Gasteiger partial charge in [0.25, 0.3) is 0 Å². The maximum Gasteiger partial charge on any atom is 0.303 e. The van der Waals surface area contributed by atoms with Crippen molar-refractivity contribution < 1.29 is 15.0 Å². The van der Waals surface area contributed by atoms with E-state index in [1.54, 1.807) is 0 Å². The lowest BCUT2D eigenvalue weighted by atomic mass is 10.2. The lowest BCUT2D eigenvalue weighted by molar-refractivity contribution is -0.137. The summed E-state index contributed by atoms with van der Waals surface area (Å²) >= 11 is 2.89. The van der Waals surface area contributed by atoms with Crippen molar-refractivity contribution in [3.63, 3.8) is 0 Å². The van der Waals surface area contributed by atoms with Gasteiger partial charge in [0, 0.05) is 6.42 Å². The Morgan fingerprint density at radius 1 is 1.67 bits per heavy atom. The van der Waals surface area contributed by atoms with Gasteiger partial charge in [-0.1, -0.05) is 15.9 Å². The van der Waals surface area contributed by atoms with Crippen molar-refractivity contribution in [2.75, 3.05) is 0 Å². The van der Waals surface area contributed by atoms with Gasteiger partial charge in [0.15, 0.2) is 0 Å². The number of aliphatic hydroxyl groups is 1. The van der Waals surface area contributed by atoms with Crippen LogP contribution >= 0.6 is 15.9 Å². The van der Waals surface area contributed by atoms with Gasteiger partial charge in [0.05, 0.1) is 0 Å². The molecule has 0 aliphatic heterocycles. The van der Waals surface area contributed by atoms with E-state index in [1.165, 1.54) is 0 Å². The van der Waals surface area contributed by atoms with Crippen LogP contribution < -0.4 is 0 Å². The highest BCUT2D eigenvalue weighted by Gasteiger charge is 1.99. The second kappa shape index (κ2) is 4.76. The minimum Gasteiger partial charge on any atom is -0.481 e. The third kappa shape index (κ3) is 7.91. The fourth-order valence-electron chi connectivity index (χ4n) is 0.422. The molecule has 1 atom stereocenters. The zero-order valence-corrected chi connectivity index (χ0v) is 6.47. The first-order chi connectivity index (χ1) is 4.13. The van der Waals surface area contributed by atoms with E-state index in [1.807, 2.05) is 0 Å². The van der Waals surface area contributed by atoms with Gasteiger partial charge < -0.3 is 10.2 Å². The number of carboxylic acid groups (broad SMARTS) is 1. The van der Waals surface area contributed by atoms with Crippen molar-refractivity contribution >= 4 is 21.9 Å². The number of aliphatic carboxylic acids is 1. The lowest BCUT2D eigenvalue weighted by Gasteiger charge is -1.97. The number of aliphatic hydroxyl groups excluding tert-OH is 1. The second-order valence-electron chi connectivity index (χ2n) is 1.72. The smallest absolute Gasteiger partial charge is 0.303 e. The average molecular weight is 197 g/mol. The summed E-state index contributed by atoms with van der Waals surface area (Å²) in [6.45, 7) is 0. The average Bonchev–Trinajstić information content (AvgIpc) is 1.63. The number of hydrogen-bond donors (Lipinski definition) is 2. The van der Waals surface area contributed by atoms with Crippen LogP contribution in [0.3, 0.4) is 0 Å². The van der Waals surface area contributed by atoms with Gasteiger partial charge in [-0.3, -0.25) is 4.79 Å². The monoisotopic (exact) mass is 196 g/mol. The number of rotatable bonds is 4. The van der Waals surface area contributed by atoms with Crippen LogP contribution in [-0.4, -0.2) is 21.2 Å². The molecule has 3 nitrogen and oxygen atoms in total. The minimum atomic E-state index is -0.817. The fourth-order valence-corrected chi connectivity index (χ4v) is 0.745. The Bertz CT molecular complexity index is 92.2. The third-order valence-electron chi connectivity index (χ3n) is 0.833. The Hall–Kier alpha value is -0.0900. The predicted octanol–water partition coefficient (Wildman–Crippen LogP) is 0.955. The summed E-state index contributed by atoms with van der Waals surface area (Å²) in [5.74, 6) is -0.817. The molecule has 0 saturated carbocycles. The number of carboxylic acids is 1. The van der Waals surface area contributed by atoms with E-state index < -0.39 is 11.0 Å². The molecule has 0 bridgehead atoms. The van der Waals surface area contributed by atoms with Crippen molar-refractivity contribution in [1.82, 2.24) is 0 Å². The zero-order valence-electron chi connectivity index (χ0n) is 4.88. The van der Waals surface area contributed by atoms with E-state index in [4.69, 9.17) is 10.2 Å². The molecule has 0 heterocycles. The molecule has 0 aromatic carbocycles. The Morgan fingerprint density at radius 3 is 2.56 bits per heavy atom. The second-order valence-corrected chi connectivity index (χ2v) is 2.78. The van der Waals surface area contributed by atoms with E-state index in [0.717, 1.165) is 0 Å². The summed E-state index contributed by atoms with van der Waals surface area (Å²) in [5, 5.41) is 16.2. The predicted molar refractivity (Wildman–Crippen MR) is 36.4 cm³/mol. The highest BCUT2D eigenvalue weighted by Crippen LogP contribution is 2.05. The van der Waals surface area contributed by atoms with Gasteiger partial charge in [-0.25, -0.2) is 0 Å². The Kier molecular flexibility index (Phi) is 4.71. The Morgan fingerprint density at radius 2 is 2.22 bits per heavy atom. The lowest BCUT2D eigenvalue weighted by Crippen LogP contribution is -1.98.